The summed E-state index contributed by atoms with van der Waals surface area (Å²) in [6, 6.07) is 4.48. The lowest BCUT2D eigenvalue weighted by Gasteiger charge is -2.38. The van der Waals surface area contributed by atoms with Crippen LogP contribution < -0.4 is 15.9 Å². The Morgan fingerprint density at radius 2 is 1.93 bits per heavy atom. The lowest BCUT2D eigenvalue weighted by molar-refractivity contribution is -0.978. The fourth-order valence-corrected chi connectivity index (χ4v) is 7.24. The molecule has 1 aliphatic rings. The first-order valence-corrected chi connectivity index (χ1v) is 16.8. The normalized spacial score (nSPS) is 16.0. The minimum Gasteiger partial charge on any atom is -0.601 e. The Morgan fingerprint density at radius 3 is 2.57 bits per heavy atom. The van der Waals surface area contributed by atoms with Crippen LogP contribution in [0.2, 0.25) is 0 Å². The maximum atomic E-state index is 13.9. The molecule has 3 heterocycles. The van der Waals surface area contributed by atoms with Crippen LogP contribution in [0.4, 0.5) is 0 Å². The number of H-pyrrole nitrogens is 1. The van der Waals surface area contributed by atoms with Crippen molar-refractivity contribution >= 4 is 21.1 Å². The van der Waals surface area contributed by atoms with Gasteiger partial charge in [-0.2, -0.15) is 14.0 Å². The number of aromatic nitrogens is 3. The van der Waals surface area contributed by atoms with Gasteiger partial charge < -0.3 is 24.6 Å². The number of fused-ring (bicyclic) bond motifs is 1. The molecule has 0 radical (unpaired) electrons. The number of aryl methyl sites for hydroxylation is 2. The van der Waals surface area contributed by atoms with E-state index in [2.05, 4.69) is 9.82 Å². The summed E-state index contributed by atoms with van der Waals surface area (Å²) in [4.78, 5) is 46.5. The maximum absolute atomic E-state index is 13.9. The van der Waals surface area contributed by atoms with Crippen LogP contribution in [0.15, 0.2) is 34.1 Å². The molecule has 1 saturated heterocycles. The average Bonchev–Trinajstić information content (AvgIpc) is 3.43. The Bertz CT molecular complexity index is 1670. The first kappa shape index (κ1) is 35.2. The summed E-state index contributed by atoms with van der Waals surface area (Å²) in [6.45, 7) is 6.01. The largest absolute Gasteiger partial charge is 0.601 e. The van der Waals surface area contributed by atoms with Crippen molar-refractivity contribution in [2.75, 3.05) is 40.0 Å². The quantitative estimate of drug-likeness (QED) is 0.176. The van der Waals surface area contributed by atoms with E-state index in [0.29, 0.717) is 41.9 Å². The number of quaternary nitrogens is 1. The van der Waals surface area contributed by atoms with Gasteiger partial charge in [0, 0.05) is 25.8 Å². The molecule has 16 nitrogen and oxygen atoms in total. The molecule has 4 rings (SSSR count). The zero-order valence-corrected chi connectivity index (χ0v) is 27.4. The molecule has 0 aliphatic carbocycles. The smallest absolute Gasteiger partial charge is 0.477 e. The molecular weight excluding hydrogens is 624 g/mol. The van der Waals surface area contributed by atoms with Crippen LogP contribution in [0.5, 0.6) is 5.75 Å². The molecular formula is C29H43N6O10S+. The number of sulfonamides is 1. The number of rotatable bonds is 17. The highest BCUT2D eigenvalue weighted by atomic mass is 32.2. The van der Waals surface area contributed by atoms with E-state index >= 15 is 0 Å². The number of nitrogens with one attached hydrogen (secondary N) is 1. The van der Waals surface area contributed by atoms with Crippen molar-refractivity contribution in [1.82, 2.24) is 18.8 Å². The molecule has 254 valence electrons. The summed E-state index contributed by atoms with van der Waals surface area (Å²) in [5, 5.41) is 21.9. The SMILES string of the molecule is CCCOc1ccc(S(=O)(=O)N2CCC(C(O)(CO[NH2+][O-])CO[N+](=O)OC)CC2)cc1-c1nc2c(CCC)cn(CC)c2c(=O)[nH]1. The average molecular weight is 668 g/mol. The van der Waals surface area contributed by atoms with Crippen molar-refractivity contribution < 1.29 is 43.5 Å². The monoisotopic (exact) mass is 667 g/mol. The minimum absolute atomic E-state index is 0.0163. The highest BCUT2D eigenvalue weighted by molar-refractivity contribution is 7.89. The van der Waals surface area contributed by atoms with E-state index in [1.807, 2.05) is 31.5 Å². The fraction of sp³-hybridized carbons (Fsp3) is 0.586. The van der Waals surface area contributed by atoms with E-state index in [1.54, 1.807) is 6.07 Å². The van der Waals surface area contributed by atoms with E-state index in [1.165, 1.54) is 16.4 Å². The number of hydrogen-bond donors (Lipinski definition) is 3. The number of nitrogens with zero attached hydrogens (tertiary/aromatic N) is 4. The van der Waals surface area contributed by atoms with Crippen LogP contribution in [0, 0.1) is 16.0 Å². The third-order valence-corrected chi connectivity index (χ3v) is 10.0. The van der Waals surface area contributed by atoms with Gasteiger partial charge in [0.25, 0.3) is 5.56 Å². The van der Waals surface area contributed by atoms with Crippen LogP contribution in [-0.4, -0.2) is 83.1 Å². The Hall–Kier alpha value is -3.61. The number of ether oxygens (including phenoxy) is 1. The standard InChI is InChI=1S/C29H42N6O10S/c1-5-8-20-17-33(7-3)26-25(20)30-27(31-28(26)36)23-16-22(9-10-24(23)43-15-6-2)46(40,41)34-13-11-21(12-14-34)29(37,18-44-32-38)19-45-35(39)42-4/h9-10,16-17,21,37H,5-8,11-15,18-19,32H2,1-4H3/p+1. The molecule has 4 N–H and O–H groups in total. The van der Waals surface area contributed by atoms with Gasteiger partial charge in [-0.25, -0.2) is 23.9 Å². The summed E-state index contributed by atoms with van der Waals surface area (Å²) in [6.07, 6.45) is 4.63. The minimum atomic E-state index is -4.04. The van der Waals surface area contributed by atoms with Crippen LogP contribution in [0.3, 0.4) is 0 Å². The number of aliphatic hydroxyl groups is 1. The Morgan fingerprint density at radius 1 is 1.20 bits per heavy atom. The Kier molecular flexibility index (Phi) is 11.7. The van der Waals surface area contributed by atoms with E-state index in [-0.39, 0.29) is 52.9 Å². The molecule has 1 aromatic carbocycles. The predicted octanol–water partition coefficient (Wildman–Crippen LogP) is 1.55. The first-order valence-electron chi connectivity index (χ1n) is 15.3. The summed E-state index contributed by atoms with van der Waals surface area (Å²) >= 11 is 0. The van der Waals surface area contributed by atoms with Crippen molar-refractivity contribution in [1.29, 1.82) is 0 Å². The van der Waals surface area contributed by atoms with Gasteiger partial charge in [-0.1, -0.05) is 20.3 Å². The van der Waals surface area contributed by atoms with Gasteiger partial charge in [0.05, 0.1) is 22.6 Å². The van der Waals surface area contributed by atoms with Crippen LogP contribution in [-0.2, 0) is 37.5 Å². The second-order valence-electron chi connectivity index (χ2n) is 11.2. The van der Waals surface area contributed by atoms with Gasteiger partial charge in [0.2, 0.25) is 16.6 Å². The molecule has 17 heteroatoms. The second-order valence-corrected chi connectivity index (χ2v) is 13.1. The highest BCUT2D eigenvalue weighted by Gasteiger charge is 2.44. The Labute approximate surface area is 266 Å². The number of piperidine rings is 1. The molecule has 2 aromatic heterocycles. The second kappa shape index (κ2) is 15.3. The van der Waals surface area contributed by atoms with Crippen LogP contribution in [0.1, 0.15) is 52.0 Å². The zero-order valence-electron chi connectivity index (χ0n) is 26.6. The molecule has 3 aromatic rings. The van der Waals surface area contributed by atoms with E-state index in [9.17, 15) is 28.4 Å². The summed E-state index contributed by atoms with van der Waals surface area (Å²) in [7, 11) is -2.95. The third-order valence-electron chi connectivity index (χ3n) is 8.15. The maximum Gasteiger partial charge on any atom is 0.477 e. The van der Waals surface area contributed by atoms with Gasteiger partial charge in [0.15, 0.2) is 7.11 Å². The van der Waals surface area contributed by atoms with Crippen molar-refractivity contribution in [3.8, 4) is 17.1 Å². The number of benzene rings is 1. The first-order chi connectivity index (χ1) is 22.0. The molecule has 1 atom stereocenters. The van der Waals surface area contributed by atoms with Crippen molar-refractivity contribution in [2.45, 2.75) is 69.9 Å². The van der Waals surface area contributed by atoms with E-state index in [4.69, 9.17) is 19.4 Å². The lowest BCUT2D eigenvalue weighted by Crippen LogP contribution is -2.78. The Balaban J connectivity index is 1.66. The third kappa shape index (κ3) is 7.50. The molecule has 1 aliphatic heterocycles. The molecule has 0 saturated carbocycles. The summed E-state index contributed by atoms with van der Waals surface area (Å²) < 4.78 is 36.9. The van der Waals surface area contributed by atoms with Crippen molar-refractivity contribution in [2.24, 2.45) is 5.92 Å². The molecule has 46 heavy (non-hydrogen) atoms. The summed E-state index contributed by atoms with van der Waals surface area (Å²) in [5.74, 6) is 0.0326. The van der Waals surface area contributed by atoms with Gasteiger partial charge in [-0.3, -0.25) is 4.79 Å². The summed E-state index contributed by atoms with van der Waals surface area (Å²) in [5.41, 5.74) is 0.391. The van der Waals surface area contributed by atoms with E-state index in [0.717, 1.165) is 25.5 Å². The predicted molar refractivity (Wildman–Crippen MR) is 166 cm³/mol. The van der Waals surface area contributed by atoms with Crippen LogP contribution >= 0.6 is 0 Å². The fourth-order valence-electron chi connectivity index (χ4n) is 5.75. The van der Waals surface area contributed by atoms with Gasteiger partial charge in [0.1, 0.15) is 34.2 Å². The van der Waals surface area contributed by atoms with Gasteiger partial charge >= 0.3 is 5.09 Å². The molecule has 0 spiro atoms. The zero-order chi connectivity index (χ0) is 33.5. The number of nitrogens with two attached hydrogens (primary N) is 1. The molecule has 0 amide bonds. The van der Waals surface area contributed by atoms with E-state index < -0.39 is 34.8 Å². The highest BCUT2D eigenvalue weighted by Crippen LogP contribution is 2.35. The van der Waals surface area contributed by atoms with Gasteiger partial charge in [-0.15, -0.1) is 0 Å². The van der Waals surface area contributed by atoms with Crippen LogP contribution in [0.25, 0.3) is 22.4 Å². The molecule has 0 bridgehead atoms. The molecule has 1 unspecified atom stereocenters. The van der Waals surface area contributed by atoms with Crippen molar-refractivity contribution in [3.63, 3.8) is 0 Å². The topological polar surface area (TPSA) is 205 Å². The molecule has 1 fully saturated rings. The number of aromatic amines is 1. The lowest BCUT2D eigenvalue weighted by atomic mass is 9.82. The number of hydrogen-bond acceptors (Lipinski definition) is 11. The van der Waals surface area contributed by atoms with Crippen molar-refractivity contribution in [3.05, 3.63) is 50.4 Å². The van der Waals surface area contributed by atoms with Gasteiger partial charge in [-0.05, 0) is 62.3 Å².